The van der Waals surface area contributed by atoms with Crippen LogP contribution in [0.1, 0.15) is 32.3 Å². The first-order valence-electron chi connectivity index (χ1n) is 5.75. The van der Waals surface area contributed by atoms with Crippen LogP contribution in [-0.4, -0.2) is 17.4 Å². The molecule has 0 saturated heterocycles. The lowest BCUT2D eigenvalue weighted by Crippen LogP contribution is -2.17. The summed E-state index contributed by atoms with van der Waals surface area (Å²) in [5, 5.41) is 0. The Morgan fingerprint density at radius 3 is 2.00 bits per heavy atom. The fraction of sp³-hybridized carbons (Fsp3) is 0.538. The van der Waals surface area contributed by atoms with Crippen LogP contribution in [0.25, 0.3) is 0 Å². The van der Waals surface area contributed by atoms with Gasteiger partial charge in [0.05, 0.1) is 0 Å². The molecule has 0 unspecified atom stereocenters. The van der Waals surface area contributed by atoms with Gasteiger partial charge >= 0.3 is 0 Å². The molecule has 1 nitrogen and oxygen atoms in total. The average Bonchev–Trinajstić information content (AvgIpc) is 2.22. The Hall–Kier alpha value is -0.470. The molecule has 0 radical (unpaired) electrons. The highest BCUT2D eigenvalue weighted by Gasteiger charge is 2.04. The van der Waals surface area contributed by atoms with Crippen molar-refractivity contribution < 1.29 is 0 Å². The number of hydrogen-bond acceptors (Lipinski definition) is 2. The minimum Gasteiger partial charge on any atom is -0.246 e. The summed E-state index contributed by atoms with van der Waals surface area (Å²) in [5.41, 5.74) is 1.33. The zero-order valence-corrected chi connectivity index (χ0v) is 10.8. The molecule has 1 aromatic carbocycles. The van der Waals surface area contributed by atoms with Gasteiger partial charge in [-0.1, -0.05) is 31.5 Å². The molecule has 0 fully saturated rings. The smallest absolute Gasteiger partial charge is 0.0230 e. The van der Waals surface area contributed by atoms with Gasteiger partial charge in [-0.25, -0.2) is 4.31 Å². The maximum absolute atomic E-state index is 2.45. The predicted octanol–water partition coefficient (Wildman–Crippen LogP) is 4.12. The first kappa shape index (κ1) is 12.6. The quantitative estimate of drug-likeness (QED) is 0.667. The van der Waals surface area contributed by atoms with E-state index in [9.17, 15) is 0 Å². The Labute approximate surface area is 98.0 Å². The van der Waals surface area contributed by atoms with Crippen LogP contribution in [0.15, 0.2) is 29.2 Å². The first-order chi connectivity index (χ1) is 7.26. The molecule has 0 aromatic heterocycles. The van der Waals surface area contributed by atoms with Gasteiger partial charge < -0.3 is 0 Å². The van der Waals surface area contributed by atoms with Gasteiger partial charge in [-0.15, -0.1) is 0 Å². The van der Waals surface area contributed by atoms with Gasteiger partial charge in [0, 0.05) is 18.0 Å². The van der Waals surface area contributed by atoms with Crippen molar-refractivity contribution in [2.75, 3.05) is 13.1 Å². The van der Waals surface area contributed by atoms with Crippen LogP contribution in [0.2, 0.25) is 0 Å². The van der Waals surface area contributed by atoms with Gasteiger partial charge in [0.15, 0.2) is 0 Å². The zero-order chi connectivity index (χ0) is 11.1. The molecule has 0 amide bonds. The Balaban J connectivity index is 2.53. The molecule has 0 bridgehead atoms. The average molecular weight is 223 g/mol. The highest BCUT2D eigenvalue weighted by molar-refractivity contribution is 7.97. The van der Waals surface area contributed by atoms with Crippen LogP contribution >= 0.6 is 11.9 Å². The highest BCUT2D eigenvalue weighted by atomic mass is 32.2. The van der Waals surface area contributed by atoms with Crippen molar-refractivity contribution in [3.8, 4) is 0 Å². The molecule has 84 valence electrons. The third-order valence-electron chi connectivity index (χ3n) is 2.20. The van der Waals surface area contributed by atoms with Gasteiger partial charge in [-0.2, -0.15) is 0 Å². The molecule has 0 aliphatic heterocycles. The van der Waals surface area contributed by atoms with Crippen molar-refractivity contribution in [3.63, 3.8) is 0 Å². The third-order valence-corrected chi connectivity index (χ3v) is 3.31. The summed E-state index contributed by atoms with van der Waals surface area (Å²) < 4.78 is 2.45. The highest BCUT2D eigenvalue weighted by Crippen LogP contribution is 2.23. The van der Waals surface area contributed by atoms with E-state index in [-0.39, 0.29) is 0 Å². The monoisotopic (exact) mass is 223 g/mol. The topological polar surface area (TPSA) is 3.24 Å². The van der Waals surface area contributed by atoms with Gasteiger partial charge in [-0.3, -0.25) is 0 Å². The fourth-order valence-electron chi connectivity index (χ4n) is 1.45. The maximum Gasteiger partial charge on any atom is 0.0230 e. The molecular weight excluding hydrogens is 202 g/mol. The zero-order valence-electron chi connectivity index (χ0n) is 9.99. The second-order valence-corrected chi connectivity index (χ2v) is 5.00. The van der Waals surface area contributed by atoms with Crippen molar-refractivity contribution in [3.05, 3.63) is 29.8 Å². The molecule has 2 heteroatoms. The van der Waals surface area contributed by atoms with Crippen molar-refractivity contribution in [1.82, 2.24) is 4.31 Å². The Kier molecular flexibility index (Phi) is 5.81. The van der Waals surface area contributed by atoms with E-state index < -0.39 is 0 Å². The van der Waals surface area contributed by atoms with E-state index in [2.05, 4.69) is 49.3 Å². The minimum absolute atomic E-state index is 1.17. The summed E-state index contributed by atoms with van der Waals surface area (Å²) in [6, 6.07) is 8.77. The number of aryl methyl sites for hydroxylation is 1. The van der Waals surface area contributed by atoms with E-state index in [1.807, 2.05) is 11.9 Å². The summed E-state index contributed by atoms with van der Waals surface area (Å²) in [5.74, 6) is 0. The van der Waals surface area contributed by atoms with Crippen LogP contribution < -0.4 is 0 Å². The van der Waals surface area contributed by atoms with E-state index in [1.54, 1.807) is 0 Å². The summed E-state index contributed by atoms with van der Waals surface area (Å²) in [6.07, 6.45) is 2.44. The van der Waals surface area contributed by atoms with Crippen LogP contribution in [0.3, 0.4) is 0 Å². The molecular formula is C13H21NS. The Morgan fingerprint density at radius 1 is 1.00 bits per heavy atom. The first-order valence-corrected chi connectivity index (χ1v) is 6.53. The van der Waals surface area contributed by atoms with Gasteiger partial charge in [-0.05, 0) is 43.8 Å². The molecule has 15 heavy (non-hydrogen) atoms. The Bertz CT molecular complexity index is 262. The van der Waals surface area contributed by atoms with Crippen LogP contribution in [0.4, 0.5) is 0 Å². The van der Waals surface area contributed by atoms with Crippen molar-refractivity contribution >= 4 is 11.9 Å². The number of nitrogens with zero attached hydrogens (tertiary/aromatic N) is 1. The normalized spacial score (nSPS) is 10.9. The van der Waals surface area contributed by atoms with E-state index in [0.717, 1.165) is 0 Å². The molecule has 0 saturated carbocycles. The summed E-state index contributed by atoms with van der Waals surface area (Å²) in [7, 11) is 0. The molecule has 0 spiro atoms. The molecule has 0 atom stereocenters. The lowest BCUT2D eigenvalue weighted by Gasteiger charge is -2.19. The second-order valence-electron chi connectivity index (χ2n) is 3.83. The summed E-state index contributed by atoms with van der Waals surface area (Å²) >= 11 is 1.88. The van der Waals surface area contributed by atoms with Crippen LogP contribution in [0.5, 0.6) is 0 Å². The summed E-state index contributed by atoms with van der Waals surface area (Å²) in [6.45, 7) is 8.94. The maximum atomic E-state index is 2.45. The molecule has 1 aromatic rings. The van der Waals surface area contributed by atoms with Crippen LogP contribution in [0, 0.1) is 6.92 Å². The van der Waals surface area contributed by atoms with Crippen molar-refractivity contribution in [2.45, 2.75) is 38.5 Å². The van der Waals surface area contributed by atoms with E-state index in [4.69, 9.17) is 0 Å². The van der Waals surface area contributed by atoms with Crippen molar-refractivity contribution in [1.29, 1.82) is 0 Å². The molecule has 0 N–H and O–H groups in total. The van der Waals surface area contributed by atoms with E-state index in [0.29, 0.717) is 0 Å². The summed E-state index contributed by atoms with van der Waals surface area (Å²) in [4.78, 5) is 1.35. The van der Waals surface area contributed by atoms with Crippen LogP contribution in [-0.2, 0) is 0 Å². The number of hydrogen-bond donors (Lipinski definition) is 0. The molecule has 1 rings (SSSR count). The van der Waals surface area contributed by atoms with Gasteiger partial charge in [0.25, 0.3) is 0 Å². The second kappa shape index (κ2) is 6.91. The predicted molar refractivity (Wildman–Crippen MR) is 69.2 cm³/mol. The molecule has 0 heterocycles. The van der Waals surface area contributed by atoms with Gasteiger partial charge in [0.2, 0.25) is 0 Å². The Morgan fingerprint density at radius 2 is 1.53 bits per heavy atom. The number of benzene rings is 1. The number of rotatable bonds is 6. The lowest BCUT2D eigenvalue weighted by atomic mass is 10.2. The standard InChI is InChI=1S/C13H21NS/c1-4-10-14(11-5-2)15-13-8-6-12(3)7-9-13/h6-9H,4-5,10-11H2,1-3H3. The SMILES string of the molecule is CCCN(CCC)Sc1ccc(C)cc1. The minimum atomic E-state index is 1.17. The third kappa shape index (κ3) is 4.72. The fourth-order valence-corrected chi connectivity index (χ4v) is 2.55. The van der Waals surface area contributed by atoms with E-state index in [1.165, 1.54) is 36.4 Å². The lowest BCUT2D eigenvalue weighted by molar-refractivity contribution is 0.467. The van der Waals surface area contributed by atoms with Gasteiger partial charge in [0.1, 0.15) is 0 Å². The van der Waals surface area contributed by atoms with Crippen molar-refractivity contribution in [2.24, 2.45) is 0 Å². The molecule has 0 aliphatic carbocycles. The molecule has 0 aliphatic rings. The largest absolute Gasteiger partial charge is 0.246 e. The van der Waals surface area contributed by atoms with E-state index >= 15 is 0 Å².